The largest absolute Gasteiger partial charge is 0.309 e. The first-order chi connectivity index (χ1) is 7.31. The standard InChI is InChI=1S/C11H20N4/c1-3-6-12-10(7-9-4-5-9)11-8-13-14-15(11)2/h8-10,12H,3-7H2,1-2H3. The summed E-state index contributed by atoms with van der Waals surface area (Å²) in [5.41, 5.74) is 1.22. The quantitative estimate of drug-likeness (QED) is 0.773. The van der Waals surface area contributed by atoms with Crippen LogP contribution < -0.4 is 5.32 Å². The van der Waals surface area contributed by atoms with E-state index < -0.39 is 0 Å². The van der Waals surface area contributed by atoms with Gasteiger partial charge >= 0.3 is 0 Å². The van der Waals surface area contributed by atoms with Crippen LogP contribution in [0.4, 0.5) is 0 Å². The normalized spacial score (nSPS) is 18.0. The molecule has 0 aromatic carbocycles. The molecule has 1 aliphatic rings. The minimum absolute atomic E-state index is 0.442. The maximum Gasteiger partial charge on any atom is 0.0753 e. The average molecular weight is 208 g/mol. The number of rotatable bonds is 6. The highest BCUT2D eigenvalue weighted by molar-refractivity contribution is 5.03. The van der Waals surface area contributed by atoms with Crippen molar-refractivity contribution < 1.29 is 0 Å². The average Bonchev–Trinajstić information content (AvgIpc) is 2.95. The third-order valence-corrected chi connectivity index (χ3v) is 3.01. The second-order valence-electron chi connectivity index (χ2n) is 4.47. The molecule has 1 aromatic rings. The molecule has 15 heavy (non-hydrogen) atoms. The van der Waals surface area contributed by atoms with Gasteiger partial charge in [0, 0.05) is 7.05 Å². The zero-order chi connectivity index (χ0) is 10.7. The van der Waals surface area contributed by atoms with Crippen LogP contribution in [0, 0.1) is 5.92 Å². The van der Waals surface area contributed by atoms with Gasteiger partial charge in [-0.05, 0) is 25.3 Å². The summed E-state index contributed by atoms with van der Waals surface area (Å²) in [6.45, 7) is 3.27. The van der Waals surface area contributed by atoms with E-state index in [1.165, 1.54) is 31.4 Å². The molecule has 1 aromatic heterocycles. The minimum atomic E-state index is 0.442. The summed E-state index contributed by atoms with van der Waals surface area (Å²) < 4.78 is 1.88. The van der Waals surface area contributed by atoms with Crippen LogP contribution >= 0.6 is 0 Å². The number of aromatic nitrogens is 3. The van der Waals surface area contributed by atoms with Gasteiger partial charge in [-0.25, -0.2) is 0 Å². The Morgan fingerprint density at radius 2 is 2.40 bits per heavy atom. The van der Waals surface area contributed by atoms with Gasteiger partial charge < -0.3 is 5.32 Å². The molecular weight excluding hydrogens is 188 g/mol. The first-order valence-corrected chi connectivity index (χ1v) is 5.89. The summed E-state index contributed by atoms with van der Waals surface area (Å²) in [6.07, 6.45) is 7.09. The summed E-state index contributed by atoms with van der Waals surface area (Å²) in [5, 5.41) is 11.5. The van der Waals surface area contributed by atoms with Crippen molar-refractivity contribution in [1.82, 2.24) is 20.3 Å². The van der Waals surface area contributed by atoms with Gasteiger partial charge in [0.25, 0.3) is 0 Å². The molecule has 1 saturated carbocycles. The zero-order valence-corrected chi connectivity index (χ0v) is 9.61. The SMILES string of the molecule is CCCNC(CC1CC1)c1cnnn1C. The highest BCUT2D eigenvalue weighted by atomic mass is 15.4. The van der Waals surface area contributed by atoms with Crippen LogP contribution in [0.1, 0.15) is 44.3 Å². The predicted molar refractivity (Wildman–Crippen MR) is 59.4 cm³/mol. The fraction of sp³-hybridized carbons (Fsp3) is 0.818. The molecule has 4 nitrogen and oxygen atoms in total. The molecule has 1 heterocycles. The summed E-state index contributed by atoms with van der Waals surface area (Å²) in [6, 6.07) is 0.442. The van der Waals surface area contributed by atoms with Crippen LogP contribution in [0.2, 0.25) is 0 Å². The number of hydrogen-bond acceptors (Lipinski definition) is 3. The van der Waals surface area contributed by atoms with E-state index in [1.54, 1.807) is 0 Å². The molecule has 1 aliphatic carbocycles. The first kappa shape index (κ1) is 10.6. The van der Waals surface area contributed by atoms with Gasteiger partial charge in [0.1, 0.15) is 0 Å². The van der Waals surface area contributed by atoms with Gasteiger partial charge in [0.2, 0.25) is 0 Å². The second-order valence-corrected chi connectivity index (χ2v) is 4.47. The summed E-state index contributed by atoms with van der Waals surface area (Å²) >= 11 is 0. The van der Waals surface area contributed by atoms with E-state index >= 15 is 0 Å². The monoisotopic (exact) mass is 208 g/mol. The molecule has 1 fully saturated rings. The zero-order valence-electron chi connectivity index (χ0n) is 9.61. The highest BCUT2D eigenvalue weighted by Crippen LogP contribution is 2.37. The lowest BCUT2D eigenvalue weighted by Gasteiger charge is -2.17. The fourth-order valence-electron chi connectivity index (χ4n) is 1.93. The van der Waals surface area contributed by atoms with E-state index in [9.17, 15) is 0 Å². The van der Waals surface area contributed by atoms with Crippen molar-refractivity contribution in [3.63, 3.8) is 0 Å². The first-order valence-electron chi connectivity index (χ1n) is 5.89. The Balaban J connectivity index is 1.99. The third-order valence-electron chi connectivity index (χ3n) is 3.01. The molecule has 4 heteroatoms. The Morgan fingerprint density at radius 1 is 1.60 bits per heavy atom. The number of nitrogens with one attached hydrogen (secondary N) is 1. The van der Waals surface area contributed by atoms with Crippen LogP contribution in [0.5, 0.6) is 0 Å². The van der Waals surface area contributed by atoms with Gasteiger partial charge in [0.15, 0.2) is 0 Å². The summed E-state index contributed by atoms with van der Waals surface area (Å²) in [7, 11) is 1.97. The van der Waals surface area contributed by atoms with Gasteiger partial charge in [-0.1, -0.05) is 25.0 Å². The number of aryl methyl sites for hydroxylation is 1. The molecule has 0 bridgehead atoms. The maximum atomic E-state index is 4.00. The van der Waals surface area contributed by atoms with E-state index in [2.05, 4.69) is 22.6 Å². The van der Waals surface area contributed by atoms with Crippen LogP contribution in [-0.4, -0.2) is 21.5 Å². The molecule has 0 saturated heterocycles. The molecule has 84 valence electrons. The fourth-order valence-corrected chi connectivity index (χ4v) is 1.93. The minimum Gasteiger partial charge on any atom is -0.309 e. The lowest BCUT2D eigenvalue weighted by atomic mass is 10.1. The van der Waals surface area contributed by atoms with E-state index in [0.29, 0.717) is 6.04 Å². The van der Waals surface area contributed by atoms with Gasteiger partial charge in [-0.2, -0.15) is 0 Å². The second kappa shape index (κ2) is 4.75. The maximum absolute atomic E-state index is 4.00. The van der Waals surface area contributed by atoms with Crippen molar-refractivity contribution in [3.05, 3.63) is 11.9 Å². The van der Waals surface area contributed by atoms with E-state index in [1.807, 2.05) is 17.9 Å². The Hall–Kier alpha value is -0.900. The van der Waals surface area contributed by atoms with Crippen LogP contribution in [0.15, 0.2) is 6.20 Å². The smallest absolute Gasteiger partial charge is 0.0753 e. The molecule has 0 amide bonds. The van der Waals surface area contributed by atoms with Crippen LogP contribution in [-0.2, 0) is 7.05 Å². The Bertz CT molecular complexity index is 303. The van der Waals surface area contributed by atoms with Gasteiger partial charge in [-0.15, -0.1) is 5.10 Å². The summed E-state index contributed by atoms with van der Waals surface area (Å²) in [4.78, 5) is 0. The van der Waals surface area contributed by atoms with Crippen LogP contribution in [0.25, 0.3) is 0 Å². The molecule has 0 spiro atoms. The summed E-state index contributed by atoms with van der Waals surface area (Å²) in [5.74, 6) is 0.925. The molecule has 0 radical (unpaired) electrons. The molecule has 1 atom stereocenters. The van der Waals surface area contributed by atoms with E-state index in [0.717, 1.165) is 12.5 Å². The topological polar surface area (TPSA) is 42.7 Å². The van der Waals surface area contributed by atoms with E-state index in [-0.39, 0.29) is 0 Å². The van der Waals surface area contributed by atoms with Crippen molar-refractivity contribution in [2.75, 3.05) is 6.54 Å². The number of hydrogen-bond donors (Lipinski definition) is 1. The lowest BCUT2D eigenvalue weighted by molar-refractivity contribution is 0.446. The van der Waals surface area contributed by atoms with Crippen molar-refractivity contribution in [2.24, 2.45) is 13.0 Å². The van der Waals surface area contributed by atoms with Gasteiger partial charge in [-0.3, -0.25) is 4.68 Å². The third kappa shape index (κ3) is 2.78. The molecule has 0 aliphatic heterocycles. The van der Waals surface area contributed by atoms with Crippen LogP contribution in [0.3, 0.4) is 0 Å². The van der Waals surface area contributed by atoms with Gasteiger partial charge in [0.05, 0.1) is 17.9 Å². The van der Waals surface area contributed by atoms with Crippen molar-refractivity contribution in [2.45, 2.75) is 38.6 Å². The van der Waals surface area contributed by atoms with Crippen molar-refractivity contribution in [1.29, 1.82) is 0 Å². The Labute approximate surface area is 91.1 Å². The lowest BCUT2D eigenvalue weighted by Crippen LogP contribution is -2.24. The molecular formula is C11H20N4. The Kier molecular flexibility index (Phi) is 3.36. The highest BCUT2D eigenvalue weighted by Gasteiger charge is 2.27. The van der Waals surface area contributed by atoms with E-state index in [4.69, 9.17) is 0 Å². The Morgan fingerprint density at radius 3 is 2.93 bits per heavy atom. The molecule has 1 unspecified atom stereocenters. The molecule has 1 N–H and O–H groups in total. The van der Waals surface area contributed by atoms with Crippen molar-refractivity contribution in [3.8, 4) is 0 Å². The van der Waals surface area contributed by atoms with Crippen molar-refractivity contribution >= 4 is 0 Å². The number of nitrogens with zero attached hydrogens (tertiary/aromatic N) is 3. The molecule has 2 rings (SSSR count). The predicted octanol–water partition coefficient (Wildman–Crippen LogP) is 1.66.